The van der Waals surface area contributed by atoms with Gasteiger partial charge in [0.05, 0.1) is 10.9 Å². The third kappa shape index (κ3) is 3.15. The number of rotatable bonds is 4. The van der Waals surface area contributed by atoms with Crippen LogP contribution in [0.25, 0.3) is 10.9 Å². The normalized spacial score (nSPS) is 12.2. The molecule has 0 bridgehead atoms. The SMILES string of the molecule is Nn1c(SC(C(=O)O)c2ccccc2)nc2ccc(Br)cc2c1=O. The lowest BCUT2D eigenvalue weighted by atomic mass is 10.1. The number of nitrogens with two attached hydrogens (primary N) is 1. The van der Waals surface area contributed by atoms with Gasteiger partial charge in [-0.3, -0.25) is 9.59 Å². The van der Waals surface area contributed by atoms with Gasteiger partial charge in [-0.2, -0.15) is 0 Å². The maximum absolute atomic E-state index is 12.4. The number of benzene rings is 2. The maximum atomic E-state index is 12.4. The number of carboxylic acids is 1. The Hall–Kier alpha value is -2.32. The Balaban J connectivity index is 2.09. The van der Waals surface area contributed by atoms with Gasteiger partial charge in [0, 0.05) is 4.47 Å². The molecule has 8 heteroatoms. The number of nitrogen functional groups attached to an aromatic ring is 1. The molecule has 0 aliphatic carbocycles. The molecule has 1 aromatic heterocycles. The summed E-state index contributed by atoms with van der Waals surface area (Å²) in [6.07, 6.45) is 0. The van der Waals surface area contributed by atoms with Crippen molar-refractivity contribution in [3.05, 3.63) is 68.9 Å². The first-order valence-electron chi connectivity index (χ1n) is 6.89. The molecule has 1 unspecified atom stereocenters. The van der Waals surface area contributed by atoms with Gasteiger partial charge in [-0.15, -0.1) is 0 Å². The van der Waals surface area contributed by atoms with E-state index in [4.69, 9.17) is 5.84 Å². The summed E-state index contributed by atoms with van der Waals surface area (Å²) >= 11 is 4.23. The van der Waals surface area contributed by atoms with Crippen molar-refractivity contribution in [1.29, 1.82) is 0 Å². The van der Waals surface area contributed by atoms with Gasteiger partial charge in [0.15, 0.2) is 5.16 Å². The standard InChI is InChI=1S/C16H12BrN3O3S/c17-10-6-7-12-11(8-10)14(21)20(18)16(19-12)24-13(15(22)23)9-4-2-1-3-5-9/h1-8,13H,18H2,(H,22,23). The van der Waals surface area contributed by atoms with Crippen LogP contribution in [-0.4, -0.2) is 20.7 Å². The third-order valence-corrected chi connectivity index (χ3v) is 5.08. The van der Waals surface area contributed by atoms with Gasteiger partial charge in [-0.05, 0) is 23.8 Å². The predicted molar refractivity (Wildman–Crippen MR) is 96.5 cm³/mol. The minimum absolute atomic E-state index is 0.145. The number of fused-ring (bicyclic) bond motifs is 1. The van der Waals surface area contributed by atoms with Gasteiger partial charge < -0.3 is 10.9 Å². The number of hydrogen-bond acceptors (Lipinski definition) is 5. The van der Waals surface area contributed by atoms with E-state index in [2.05, 4.69) is 20.9 Å². The van der Waals surface area contributed by atoms with Crippen LogP contribution in [0.15, 0.2) is 63.0 Å². The van der Waals surface area contributed by atoms with Gasteiger partial charge in [0.25, 0.3) is 5.56 Å². The smallest absolute Gasteiger partial charge is 0.321 e. The van der Waals surface area contributed by atoms with Crippen LogP contribution in [0.1, 0.15) is 10.8 Å². The average Bonchev–Trinajstić information content (AvgIpc) is 2.58. The molecule has 0 radical (unpaired) electrons. The van der Waals surface area contributed by atoms with Crippen molar-refractivity contribution < 1.29 is 9.90 Å². The summed E-state index contributed by atoms with van der Waals surface area (Å²) in [5, 5.41) is 9.11. The van der Waals surface area contributed by atoms with E-state index in [9.17, 15) is 14.7 Å². The van der Waals surface area contributed by atoms with Crippen molar-refractivity contribution in [3.8, 4) is 0 Å². The molecule has 0 saturated heterocycles. The average molecular weight is 406 g/mol. The van der Waals surface area contributed by atoms with Crippen molar-refractivity contribution in [2.45, 2.75) is 10.4 Å². The Kier molecular flexibility index (Phi) is 4.59. The topological polar surface area (TPSA) is 98.2 Å². The molecule has 0 aliphatic heterocycles. The number of nitrogens with zero attached hydrogens (tertiary/aromatic N) is 2. The van der Waals surface area contributed by atoms with Crippen LogP contribution in [0, 0.1) is 0 Å². The fourth-order valence-electron chi connectivity index (χ4n) is 2.23. The van der Waals surface area contributed by atoms with E-state index in [0.29, 0.717) is 16.5 Å². The number of aliphatic carboxylic acids is 1. The summed E-state index contributed by atoms with van der Waals surface area (Å²) in [6.45, 7) is 0. The number of thioether (sulfide) groups is 1. The molecule has 3 N–H and O–H groups in total. The van der Waals surface area contributed by atoms with Crippen LogP contribution in [0.4, 0.5) is 0 Å². The van der Waals surface area contributed by atoms with Crippen molar-refractivity contribution in [3.63, 3.8) is 0 Å². The molecule has 2 aromatic carbocycles. The summed E-state index contributed by atoms with van der Waals surface area (Å²) in [7, 11) is 0. The lowest BCUT2D eigenvalue weighted by molar-refractivity contribution is -0.136. The van der Waals surface area contributed by atoms with E-state index < -0.39 is 16.8 Å². The van der Waals surface area contributed by atoms with Crippen molar-refractivity contribution in [1.82, 2.24) is 9.66 Å². The van der Waals surface area contributed by atoms with Crippen LogP contribution in [0.2, 0.25) is 0 Å². The molecule has 0 saturated carbocycles. The second-order valence-corrected chi connectivity index (χ2v) is 6.97. The highest BCUT2D eigenvalue weighted by Crippen LogP contribution is 2.34. The fraction of sp³-hybridized carbons (Fsp3) is 0.0625. The first-order chi connectivity index (χ1) is 11.5. The van der Waals surface area contributed by atoms with Crippen molar-refractivity contribution >= 4 is 44.6 Å². The zero-order chi connectivity index (χ0) is 17.3. The molecule has 122 valence electrons. The molecular weight excluding hydrogens is 394 g/mol. The number of halogens is 1. The molecule has 24 heavy (non-hydrogen) atoms. The van der Waals surface area contributed by atoms with Crippen molar-refractivity contribution in [2.75, 3.05) is 5.84 Å². The van der Waals surface area contributed by atoms with E-state index in [-0.39, 0.29) is 5.16 Å². The summed E-state index contributed by atoms with van der Waals surface area (Å²) in [6, 6.07) is 13.8. The Morgan fingerprint density at radius 1 is 1.25 bits per heavy atom. The molecule has 1 atom stereocenters. The fourth-order valence-corrected chi connectivity index (χ4v) is 3.54. The Bertz CT molecular complexity index is 975. The summed E-state index contributed by atoms with van der Waals surface area (Å²) in [5.41, 5.74) is 0.630. The van der Waals surface area contributed by atoms with Gasteiger partial charge >= 0.3 is 5.97 Å². The predicted octanol–water partition coefficient (Wildman–Crippen LogP) is 2.79. The molecule has 0 fully saturated rings. The molecule has 6 nitrogen and oxygen atoms in total. The highest BCUT2D eigenvalue weighted by molar-refractivity contribution is 9.10. The number of carboxylic acid groups (broad SMARTS) is 1. The molecule has 0 spiro atoms. The van der Waals surface area contributed by atoms with E-state index in [1.165, 1.54) is 0 Å². The van der Waals surface area contributed by atoms with Crippen LogP contribution < -0.4 is 11.4 Å². The van der Waals surface area contributed by atoms with Crippen LogP contribution in [0.5, 0.6) is 0 Å². The van der Waals surface area contributed by atoms with Gasteiger partial charge in [-0.1, -0.05) is 58.0 Å². The monoisotopic (exact) mass is 405 g/mol. The highest BCUT2D eigenvalue weighted by Gasteiger charge is 2.24. The van der Waals surface area contributed by atoms with E-state index in [1.807, 2.05) is 0 Å². The largest absolute Gasteiger partial charge is 0.480 e. The summed E-state index contributed by atoms with van der Waals surface area (Å²) in [5.74, 6) is 4.81. The Labute approximate surface area is 149 Å². The zero-order valence-electron chi connectivity index (χ0n) is 12.2. The van der Waals surface area contributed by atoms with E-state index in [0.717, 1.165) is 20.9 Å². The van der Waals surface area contributed by atoms with Gasteiger partial charge in [0.2, 0.25) is 0 Å². The molecule has 0 aliphatic rings. The molecule has 1 heterocycles. The van der Waals surface area contributed by atoms with E-state index >= 15 is 0 Å². The van der Waals surface area contributed by atoms with E-state index in [1.54, 1.807) is 48.5 Å². The maximum Gasteiger partial charge on any atom is 0.321 e. The minimum Gasteiger partial charge on any atom is -0.480 e. The summed E-state index contributed by atoms with van der Waals surface area (Å²) < 4.78 is 1.63. The third-order valence-electron chi connectivity index (χ3n) is 3.38. The highest BCUT2D eigenvalue weighted by atomic mass is 79.9. The number of carbonyl (C=O) groups is 1. The second kappa shape index (κ2) is 6.66. The van der Waals surface area contributed by atoms with Crippen LogP contribution in [-0.2, 0) is 4.79 Å². The number of hydrogen-bond donors (Lipinski definition) is 2. The zero-order valence-corrected chi connectivity index (χ0v) is 14.6. The lowest BCUT2D eigenvalue weighted by Gasteiger charge is -2.14. The Morgan fingerprint density at radius 2 is 1.96 bits per heavy atom. The second-order valence-electron chi connectivity index (χ2n) is 4.98. The first-order valence-corrected chi connectivity index (χ1v) is 8.56. The van der Waals surface area contributed by atoms with Crippen LogP contribution in [0.3, 0.4) is 0 Å². The molecular formula is C16H12BrN3O3S. The minimum atomic E-state index is -1.03. The van der Waals surface area contributed by atoms with Gasteiger partial charge in [0.1, 0.15) is 5.25 Å². The van der Waals surface area contributed by atoms with Crippen LogP contribution >= 0.6 is 27.7 Å². The van der Waals surface area contributed by atoms with Crippen molar-refractivity contribution in [2.24, 2.45) is 0 Å². The number of aromatic nitrogens is 2. The molecule has 3 aromatic rings. The summed E-state index contributed by atoms with van der Waals surface area (Å²) in [4.78, 5) is 28.4. The first kappa shape index (κ1) is 16.5. The Morgan fingerprint density at radius 3 is 2.62 bits per heavy atom. The lowest BCUT2D eigenvalue weighted by Crippen LogP contribution is -2.30. The molecule has 3 rings (SSSR count). The quantitative estimate of drug-likeness (QED) is 0.393. The molecule has 0 amide bonds. The van der Waals surface area contributed by atoms with Gasteiger partial charge in [-0.25, -0.2) is 9.66 Å².